The summed E-state index contributed by atoms with van der Waals surface area (Å²) in [7, 11) is 6.20. The molecule has 1 aliphatic heterocycles. The second-order valence-corrected chi connectivity index (χ2v) is 8.51. The number of nitrogens with one attached hydrogen (secondary N) is 1. The highest BCUT2D eigenvalue weighted by Gasteiger charge is 2.20. The van der Waals surface area contributed by atoms with E-state index < -0.39 is 0 Å². The van der Waals surface area contributed by atoms with E-state index in [1.165, 1.54) is 11.8 Å². The van der Waals surface area contributed by atoms with E-state index in [1.807, 2.05) is 26.4 Å². The molecule has 3 aromatic rings. The zero-order chi connectivity index (χ0) is 20.4. The SMILES string of the molecule is CN1CCN(c2ncc(Sc3c[nH]cc3O)c(-c3cccc(N(C)C)c3)n2)CC1. The van der Waals surface area contributed by atoms with Gasteiger partial charge in [0.25, 0.3) is 0 Å². The van der Waals surface area contributed by atoms with E-state index >= 15 is 0 Å². The minimum atomic E-state index is 0.228. The second-order valence-electron chi connectivity index (χ2n) is 7.42. The molecule has 0 spiro atoms. The Morgan fingerprint density at radius 3 is 2.59 bits per heavy atom. The molecule has 1 fully saturated rings. The zero-order valence-electron chi connectivity index (χ0n) is 17.0. The molecule has 0 aliphatic carbocycles. The summed E-state index contributed by atoms with van der Waals surface area (Å²) in [6.07, 6.45) is 5.23. The molecule has 29 heavy (non-hydrogen) atoms. The molecule has 152 valence electrons. The Kier molecular flexibility index (Phi) is 5.64. The minimum Gasteiger partial charge on any atom is -0.505 e. The van der Waals surface area contributed by atoms with E-state index in [4.69, 9.17) is 4.98 Å². The van der Waals surface area contributed by atoms with Crippen molar-refractivity contribution in [1.29, 1.82) is 0 Å². The fraction of sp³-hybridized carbons (Fsp3) is 0.333. The maximum absolute atomic E-state index is 10.1. The van der Waals surface area contributed by atoms with Gasteiger partial charge in [-0.3, -0.25) is 0 Å². The number of anilines is 2. The molecule has 4 rings (SSSR count). The quantitative estimate of drug-likeness (QED) is 0.669. The number of hydrogen-bond acceptors (Lipinski definition) is 7. The van der Waals surface area contributed by atoms with Gasteiger partial charge in [0.15, 0.2) is 0 Å². The van der Waals surface area contributed by atoms with Crippen LogP contribution < -0.4 is 9.80 Å². The van der Waals surface area contributed by atoms with Crippen LogP contribution >= 0.6 is 11.8 Å². The van der Waals surface area contributed by atoms with Gasteiger partial charge in [0.05, 0.1) is 15.5 Å². The van der Waals surface area contributed by atoms with Gasteiger partial charge in [-0.1, -0.05) is 23.9 Å². The summed E-state index contributed by atoms with van der Waals surface area (Å²) in [4.78, 5) is 20.9. The fourth-order valence-electron chi connectivity index (χ4n) is 3.27. The zero-order valence-corrected chi connectivity index (χ0v) is 17.8. The molecule has 0 radical (unpaired) electrons. The van der Waals surface area contributed by atoms with Crippen LogP contribution in [0.3, 0.4) is 0 Å². The van der Waals surface area contributed by atoms with Gasteiger partial charge in [-0.25, -0.2) is 9.97 Å². The lowest BCUT2D eigenvalue weighted by Crippen LogP contribution is -2.45. The predicted octanol–water partition coefficient (Wildman–Crippen LogP) is 3.15. The first-order chi connectivity index (χ1) is 14.0. The van der Waals surface area contributed by atoms with E-state index in [1.54, 1.807) is 12.4 Å². The minimum absolute atomic E-state index is 0.228. The molecule has 3 heterocycles. The number of aromatic amines is 1. The Labute approximate surface area is 175 Å². The number of nitrogens with zero attached hydrogens (tertiary/aromatic N) is 5. The van der Waals surface area contributed by atoms with Crippen molar-refractivity contribution in [2.45, 2.75) is 9.79 Å². The number of likely N-dealkylation sites (N-methyl/N-ethyl adjacent to an activating group) is 1. The number of aromatic nitrogens is 3. The Morgan fingerprint density at radius 2 is 1.90 bits per heavy atom. The van der Waals surface area contributed by atoms with Gasteiger partial charge in [-0.2, -0.15) is 0 Å². The van der Waals surface area contributed by atoms with E-state index in [0.717, 1.165) is 58.9 Å². The van der Waals surface area contributed by atoms with Crippen LogP contribution in [0.4, 0.5) is 11.6 Å². The number of piperazine rings is 1. The van der Waals surface area contributed by atoms with Gasteiger partial charge in [-0.05, 0) is 19.2 Å². The van der Waals surface area contributed by atoms with Crippen LogP contribution in [-0.4, -0.2) is 72.3 Å². The fourth-order valence-corrected chi connectivity index (χ4v) is 4.17. The topological polar surface area (TPSA) is 71.5 Å². The average Bonchev–Trinajstić information content (AvgIpc) is 3.13. The van der Waals surface area contributed by atoms with Gasteiger partial charge in [0.1, 0.15) is 5.75 Å². The largest absolute Gasteiger partial charge is 0.505 e. The van der Waals surface area contributed by atoms with Crippen molar-refractivity contribution in [2.75, 3.05) is 57.1 Å². The molecular weight excluding hydrogens is 384 g/mol. The lowest BCUT2D eigenvalue weighted by atomic mass is 10.1. The monoisotopic (exact) mass is 410 g/mol. The molecule has 1 aliphatic rings. The summed E-state index contributed by atoms with van der Waals surface area (Å²) in [6, 6.07) is 8.34. The van der Waals surface area contributed by atoms with Crippen LogP contribution in [0.25, 0.3) is 11.3 Å². The average molecular weight is 411 g/mol. The van der Waals surface area contributed by atoms with E-state index in [9.17, 15) is 5.11 Å². The molecule has 7 nitrogen and oxygen atoms in total. The first-order valence-corrected chi connectivity index (χ1v) is 10.4. The molecule has 0 unspecified atom stereocenters. The van der Waals surface area contributed by atoms with E-state index in [2.05, 4.69) is 49.9 Å². The van der Waals surface area contributed by atoms with Crippen molar-refractivity contribution in [1.82, 2.24) is 19.9 Å². The maximum atomic E-state index is 10.1. The summed E-state index contributed by atoms with van der Waals surface area (Å²) in [5.74, 6) is 0.983. The van der Waals surface area contributed by atoms with Crippen LogP contribution in [0, 0.1) is 0 Å². The Hall–Kier alpha value is -2.71. The van der Waals surface area contributed by atoms with Gasteiger partial charge in [-0.15, -0.1) is 0 Å². The summed E-state index contributed by atoms with van der Waals surface area (Å²) >= 11 is 1.47. The van der Waals surface area contributed by atoms with Gasteiger partial charge < -0.3 is 24.8 Å². The van der Waals surface area contributed by atoms with Gasteiger partial charge in [0, 0.05) is 70.1 Å². The number of hydrogen-bond donors (Lipinski definition) is 2. The third kappa shape index (κ3) is 4.33. The maximum Gasteiger partial charge on any atom is 0.226 e. The van der Waals surface area contributed by atoms with Gasteiger partial charge >= 0.3 is 0 Å². The first-order valence-electron chi connectivity index (χ1n) is 9.63. The van der Waals surface area contributed by atoms with Crippen molar-refractivity contribution >= 4 is 23.4 Å². The summed E-state index contributed by atoms with van der Waals surface area (Å²) in [6.45, 7) is 3.84. The number of aromatic hydroxyl groups is 1. The molecule has 2 N–H and O–H groups in total. The highest BCUT2D eigenvalue weighted by molar-refractivity contribution is 7.99. The Balaban J connectivity index is 1.74. The summed E-state index contributed by atoms with van der Waals surface area (Å²) in [5, 5.41) is 10.1. The van der Waals surface area contributed by atoms with Crippen LogP contribution in [0.5, 0.6) is 5.75 Å². The van der Waals surface area contributed by atoms with Crippen LogP contribution in [-0.2, 0) is 0 Å². The molecular formula is C21H26N6OS. The van der Waals surface area contributed by atoms with Crippen LogP contribution in [0.1, 0.15) is 0 Å². The highest BCUT2D eigenvalue weighted by atomic mass is 32.2. The normalized spacial score (nSPS) is 14.9. The van der Waals surface area contributed by atoms with Crippen molar-refractivity contribution in [3.8, 4) is 17.0 Å². The van der Waals surface area contributed by atoms with E-state index in [0.29, 0.717) is 0 Å². The van der Waals surface area contributed by atoms with Gasteiger partial charge in [0.2, 0.25) is 5.95 Å². The number of H-pyrrole nitrogens is 1. The molecule has 0 bridgehead atoms. The van der Waals surface area contributed by atoms with Crippen molar-refractivity contribution in [3.05, 3.63) is 42.9 Å². The standard InChI is InChI=1S/C21H26N6OS/c1-25(2)16-6-4-5-15(11-16)20-19(29-18-13-22-12-17(18)28)14-23-21(24-20)27-9-7-26(3)8-10-27/h4-6,11-14,22,28H,7-10H2,1-3H3. The number of rotatable bonds is 5. The molecule has 0 amide bonds. The molecule has 0 saturated carbocycles. The lowest BCUT2D eigenvalue weighted by molar-refractivity contribution is 0.311. The van der Waals surface area contributed by atoms with Crippen molar-refractivity contribution in [3.63, 3.8) is 0 Å². The smallest absolute Gasteiger partial charge is 0.226 e. The first kappa shape index (κ1) is 19.6. The summed E-state index contributed by atoms with van der Waals surface area (Å²) in [5.41, 5.74) is 3.03. The molecule has 2 aromatic heterocycles. The molecule has 0 atom stereocenters. The number of benzene rings is 1. The third-order valence-corrected chi connectivity index (χ3v) is 6.14. The van der Waals surface area contributed by atoms with Crippen molar-refractivity contribution < 1.29 is 5.11 Å². The predicted molar refractivity (Wildman–Crippen MR) is 118 cm³/mol. The third-order valence-electron chi connectivity index (χ3n) is 5.07. The van der Waals surface area contributed by atoms with Crippen LogP contribution in [0.15, 0.2) is 52.6 Å². The lowest BCUT2D eigenvalue weighted by Gasteiger charge is -2.32. The molecule has 1 aromatic carbocycles. The summed E-state index contributed by atoms with van der Waals surface area (Å²) < 4.78 is 0. The highest BCUT2D eigenvalue weighted by Crippen LogP contribution is 2.39. The molecule has 8 heteroatoms. The second kappa shape index (κ2) is 8.34. The Bertz CT molecular complexity index is 981. The van der Waals surface area contributed by atoms with Crippen LogP contribution in [0.2, 0.25) is 0 Å². The van der Waals surface area contributed by atoms with Crippen molar-refractivity contribution in [2.24, 2.45) is 0 Å². The van der Waals surface area contributed by atoms with E-state index in [-0.39, 0.29) is 5.75 Å². The Morgan fingerprint density at radius 1 is 1.10 bits per heavy atom. The molecule has 1 saturated heterocycles.